The first-order valence-electron chi connectivity index (χ1n) is 13.7. The van der Waals surface area contributed by atoms with E-state index in [0.717, 1.165) is 22.6 Å². The molecule has 0 radical (unpaired) electrons. The lowest BCUT2D eigenvalue weighted by Crippen LogP contribution is -2.58. The number of anilines is 1. The van der Waals surface area contributed by atoms with Gasteiger partial charge in [0, 0.05) is 13.5 Å². The summed E-state index contributed by atoms with van der Waals surface area (Å²) in [5.41, 5.74) is 0.0888. The third kappa shape index (κ3) is 5.32. The number of nitrogens with one attached hydrogen (secondary N) is 2. The summed E-state index contributed by atoms with van der Waals surface area (Å²) in [4.78, 5) is 54.4. The van der Waals surface area contributed by atoms with Gasteiger partial charge in [0.2, 0.25) is 17.7 Å². The largest absolute Gasteiger partial charge is 0.471 e. The summed E-state index contributed by atoms with van der Waals surface area (Å²) in [6, 6.07) is 3.63. The van der Waals surface area contributed by atoms with Gasteiger partial charge in [0.15, 0.2) is 14.6 Å². The number of rotatable bonds is 8. The second-order valence-electron chi connectivity index (χ2n) is 11.6. The van der Waals surface area contributed by atoms with E-state index in [1.165, 1.54) is 25.2 Å². The van der Waals surface area contributed by atoms with Gasteiger partial charge in [0.05, 0.1) is 23.2 Å². The number of likely N-dealkylation sites (tertiary alicyclic amines) is 1. The number of nitrogens with zero attached hydrogens (tertiary/aromatic N) is 3. The topological polar surface area (TPSA) is 157 Å². The Balaban J connectivity index is 1.43. The predicted molar refractivity (Wildman–Crippen MR) is 140 cm³/mol. The van der Waals surface area contributed by atoms with Crippen LogP contribution >= 0.6 is 0 Å². The Hall–Kier alpha value is -3.67. The Kier molecular flexibility index (Phi) is 7.49. The van der Waals surface area contributed by atoms with Crippen LogP contribution in [0.5, 0.6) is 0 Å². The molecule has 4 aliphatic rings. The molecule has 0 bridgehead atoms. The molecule has 0 aromatic heterocycles. The van der Waals surface area contributed by atoms with Crippen LogP contribution in [0.3, 0.4) is 0 Å². The highest BCUT2D eigenvalue weighted by Gasteiger charge is 2.63. The number of likely N-dealkylation sites (N-methyl/N-ethyl adjacent to an activating group) is 1. The van der Waals surface area contributed by atoms with Crippen molar-refractivity contribution in [3.8, 4) is 6.07 Å². The van der Waals surface area contributed by atoms with E-state index in [-0.39, 0.29) is 35.3 Å². The van der Waals surface area contributed by atoms with Crippen LogP contribution in [0.25, 0.3) is 0 Å². The van der Waals surface area contributed by atoms with Crippen molar-refractivity contribution in [3.63, 3.8) is 0 Å². The Labute approximate surface area is 240 Å². The summed E-state index contributed by atoms with van der Waals surface area (Å²) in [5, 5.41) is 14.3. The Morgan fingerprint density at radius 2 is 1.79 bits per heavy atom. The molecular weight excluding hydrogens is 579 g/mol. The first kappa shape index (κ1) is 29.8. The number of carbonyl (C=O) groups is 4. The first-order chi connectivity index (χ1) is 19.7. The van der Waals surface area contributed by atoms with Crippen molar-refractivity contribution in [1.29, 1.82) is 5.26 Å². The molecule has 42 heavy (non-hydrogen) atoms. The molecular formula is C27H30F3N5O6S. The van der Waals surface area contributed by atoms with E-state index in [0.29, 0.717) is 12.8 Å². The third-order valence-electron chi connectivity index (χ3n) is 8.59. The van der Waals surface area contributed by atoms with Crippen molar-refractivity contribution in [2.75, 3.05) is 18.9 Å². The van der Waals surface area contributed by atoms with Gasteiger partial charge in [-0.15, -0.1) is 0 Å². The van der Waals surface area contributed by atoms with Crippen LogP contribution in [0, 0.1) is 23.2 Å². The minimum absolute atomic E-state index is 0.0270. The smallest absolute Gasteiger partial charge is 0.336 e. The highest BCUT2D eigenvalue weighted by Crippen LogP contribution is 2.45. The second kappa shape index (κ2) is 10.6. The lowest BCUT2D eigenvalue weighted by atomic mass is 10.0. The number of hydrogen-bond acceptors (Lipinski definition) is 7. The molecule has 11 nitrogen and oxygen atoms in total. The average molecular weight is 610 g/mol. The van der Waals surface area contributed by atoms with Crippen LogP contribution in [0.1, 0.15) is 44.9 Å². The number of carbonyl (C=O) groups excluding carboxylic acids is 4. The maximum Gasteiger partial charge on any atom is 0.471 e. The van der Waals surface area contributed by atoms with Gasteiger partial charge < -0.3 is 20.4 Å². The summed E-state index contributed by atoms with van der Waals surface area (Å²) in [6.45, 7) is -0.633. The monoisotopic (exact) mass is 609 g/mol. The zero-order valence-corrected chi connectivity index (χ0v) is 23.5. The van der Waals surface area contributed by atoms with E-state index in [1.54, 1.807) is 11.4 Å². The molecule has 4 unspecified atom stereocenters. The molecule has 2 aliphatic heterocycles. The van der Waals surface area contributed by atoms with Gasteiger partial charge in [0.1, 0.15) is 18.1 Å². The summed E-state index contributed by atoms with van der Waals surface area (Å²) < 4.78 is 64.4. The summed E-state index contributed by atoms with van der Waals surface area (Å²) >= 11 is 0. The number of para-hydroxylation sites is 1. The maximum atomic E-state index is 14.0. The average Bonchev–Trinajstić information content (AvgIpc) is 3.87. The molecule has 5 rings (SSSR count). The predicted octanol–water partition coefficient (Wildman–Crippen LogP) is 1.75. The van der Waals surface area contributed by atoms with Crippen molar-refractivity contribution >= 4 is 39.2 Å². The van der Waals surface area contributed by atoms with Crippen LogP contribution in [-0.4, -0.2) is 84.5 Å². The zero-order chi connectivity index (χ0) is 30.6. The normalized spacial score (nSPS) is 26.0. The second-order valence-corrected chi connectivity index (χ2v) is 13.8. The van der Waals surface area contributed by atoms with Gasteiger partial charge in [-0.05, 0) is 36.8 Å². The Bertz CT molecular complexity index is 1470. The van der Waals surface area contributed by atoms with Gasteiger partial charge in [0.25, 0.3) is 0 Å². The van der Waals surface area contributed by atoms with E-state index in [9.17, 15) is 46.0 Å². The number of sulfone groups is 1. The summed E-state index contributed by atoms with van der Waals surface area (Å²) in [5.74, 6) is -4.82. The molecule has 2 aliphatic carbocycles. The van der Waals surface area contributed by atoms with Gasteiger partial charge in [-0.25, -0.2) is 8.42 Å². The minimum Gasteiger partial charge on any atom is -0.336 e. The van der Waals surface area contributed by atoms with Gasteiger partial charge >= 0.3 is 12.1 Å². The molecule has 226 valence electrons. The number of alkyl halides is 3. The fourth-order valence-corrected chi connectivity index (χ4v) is 7.85. The number of hydrogen-bond donors (Lipinski definition) is 2. The number of halogens is 3. The van der Waals surface area contributed by atoms with E-state index in [1.807, 2.05) is 6.07 Å². The molecule has 3 fully saturated rings. The molecule has 1 spiro atoms. The van der Waals surface area contributed by atoms with Crippen molar-refractivity contribution in [2.45, 2.75) is 78.9 Å². The first-order valence-corrected chi connectivity index (χ1v) is 15.2. The Morgan fingerprint density at radius 3 is 2.38 bits per heavy atom. The lowest BCUT2D eigenvalue weighted by Gasteiger charge is -2.35. The van der Waals surface area contributed by atoms with Crippen molar-refractivity contribution in [1.82, 2.24) is 15.1 Å². The highest BCUT2D eigenvalue weighted by atomic mass is 32.2. The SMILES string of the molecule is CN(C(=O)C(CC1CC1)NC(=O)C(F)(F)F)C(CC1CC1)C(=O)N1CC2(CC1C#N)C(=O)Nc1ccccc1S2(=O)=O. The number of benzene rings is 1. The zero-order valence-electron chi connectivity index (χ0n) is 22.7. The number of amides is 4. The van der Waals surface area contributed by atoms with Crippen molar-refractivity contribution in [2.24, 2.45) is 11.8 Å². The fraction of sp³-hybridized carbons (Fsp3) is 0.593. The summed E-state index contributed by atoms with van der Waals surface area (Å²) in [7, 11) is -3.10. The lowest BCUT2D eigenvalue weighted by molar-refractivity contribution is -0.175. The van der Waals surface area contributed by atoms with Crippen LogP contribution in [0.2, 0.25) is 0 Å². The third-order valence-corrected chi connectivity index (χ3v) is 11.0. The molecule has 15 heteroatoms. The van der Waals surface area contributed by atoms with Crippen LogP contribution in [0.15, 0.2) is 29.2 Å². The minimum atomic E-state index is -5.21. The highest BCUT2D eigenvalue weighted by molar-refractivity contribution is 7.94. The molecule has 4 amide bonds. The van der Waals surface area contributed by atoms with E-state index in [4.69, 9.17) is 0 Å². The molecule has 2 heterocycles. The Morgan fingerprint density at radius 1 is 1.17 bits per heavy atom. The van der Waals surface area contributed by atoms with E-state index in [2.05, 4.69) is 5.32 Å². The molecule has 2 saturated carbocycles. The molecule has 2 N–H and O–H groups in total. The van der Waals surface area contributed by atoms with Crippen LogP contribution in [0.4, 0.5) is 18.9 Å². The summed E-state index contributed by atoms with van der Waals surface area (Å²) in [6.07, 6.45) is -2.70. The molecule has 1 aromatic rings. The van der Waals surface area contributed by atoms with Crippen molar-refractivity contribution in [3.05, 3.63) is 24.3 Å². The standard InChI is InChI=1S/C27H30F3N5O6S/c1-34(22(36)19(10-15-6-7-15)33-25(39)27(28,29)30)20(11-16-8-9-16)23(37)35-14-26(12-17(35)13-31)24(38)32-18-4-2-3-5-21(18)42(26,40)41/h2-5,15-17,19-20H,6-12,14H2,1H3,(H,32,38)(H,33,39). The van der Waals surface area contributed by atoms with Crippen LogP contribution < -0.4 is 10.6 Å². The number of fused-ring (bicyclic) bond motifs is 1. The van der Waals surface area contributed by atoms with Crippen LogP contribution in [-0.2, 0) is 29.0 Å². The van der Waals surface area contributed by atoms with Gasteiger partial charge in [-0.1, -0.05) is 37.8 Å². The number of nitriles is 1. The van der Waals surface area contributed by atoms with Gasteiger partial charge in [-0.2, -0.15) is 18.4 Å². The maximum absolute atomic E-state index is 14.0. The van der Waals surface area contributed by atoms with Crippen molar-refractivity contribution < 1.29 is 40.8 Å². The van der Waals surface area contributed by atoms with E-state index >= 15 is 0 Å². The molecule has 4 atom stereocenters. The molecule has 1 aromatic carbocycles. The van der Waals surface area contributed by atoms with Gasteiger partial charge in [-0.3, -0.25) is 19.2 Å². The van der Waals surface area contributed by atoms with E-state index < -0.39 is 75.5 Å². The fourth-order valence-electron chi connectivity index (χ4n) is 5.78. The quantitative estimate of drug-likeness (QED) is 0.455. The molecule has 1 saturated heterocycles.